The van der Waals surface area contributed by atoms with Gasteiger partial charge in [-0.3, -0.25) is 4.90 Å². The van der Waals surface area contributed by atoms with E-state index in [1.54, 1.807) is 0 Å². The number of likely N-dealkylation sites (tertiary alicyclic amines) is 1. The molecule has 3 rings (SSSR count). The lowest BCUT2D eigenvalue weighted by Gasteiger charge is -2.29. The van der Waals surface area contributed by atoms with Crippen molar-refractivity contribution in [3.8, 4) is 0 Å². The van der Waals surface area contributed by atoms with Crippen molar-refractivity contribution in [2.24, 2.45) is 5.92 Å². The maximum atomic E-state index is 3.48. The summed E-state index contributed by atoms with van der Waals surface area (Å²) in [6, 6.07) is 0.954. The molecule has 2 atom stereocenters. The molecule has 3 fully saturated rings. The molecule has 1 N–H and O–H groups in total. The van der Waals surface area contributed by atoms with Crippen LogP contribution in [0, 0.1) is 5.92 Å². The molecule has 3 aliphatic rings. The normalized spacial score (nSPS) is 36.8. The molecule has 2 unspecified atom stereocenters. The Balaban J connectivity index is 1.42. The molecule has 92 valence electrons. The Labute approximate surface area is 99.2 Å². The van der Waals surface area contributed by atoms with Gasteiger partial charge in [0.25, 0.3) is 0 Å². The van der Waals surface area contributed by atoms with Gasteiger partial charge in [0, 0.05) is 38.8 Å². The Morgan fingerprint density at radius 3 is 2.88 bits per heavy atom. The Kier molecular flexibility index (Phi) is 3.46. The van der Waals surface area contributed by atoms with E-state index in [9.17, 15) is 0 Å². The maximum absolute atomic E-state index is 3.48. The third-order valence-electron chi connectivity index (χ3n) is 4.66. The first-order valence-corrected chi connectivity index (χ1v) is 7.09. The maximum Gasteiger partial charge on any atom is 0.0112 e. The second-order valence-corrected chi connectivity index (χ2v) is 5.77. The van der Waals surface area contributed by atoms with Crippen LogP contribution in [0.4, 0.5) is 0 Å². The summed E-state index contributed by atoms with van der Waals surface area (Å²) in [5.74, 6) is 1.05. The van der Waals surface area contributed by atoms with Crippen LogP contribution in [-0.2, 0) is 0 Å². The Morgan fingerprint density at radius 1 is 1.06 bits per heavy atom. The van der Waals surface area contributed by atoms with Crippen LogP contribution in [0.25, 0.3) is 0 Å². The van der Waals surface area contributed by atoms with Gasteiger partial charge in [-0.05, 0) is 44.7 Å². The van der Waals surface area contributed by atoms with Crippen LogP contribution in [0.2, 0.25) is 0 Å². The van der Waals surface area contributed by atoms with Gasteiger partial charge in [0.2, 0.25) is 0 Å². The van der Waals surface area contributed by atoms with Gasteiger partial charge in [0.1, 0.15) is 0 Å². The molecule has 0 radical (unpaired) electrons. The van der Waals surface area contributed by atoms with Crippen LogP contribution >= 0.6 is 0 Å². The van der Waals surface area contributed by atoms with Gasteiger partial charge in [0.15, 0.2) is 0 Å². The Hall–Kier alpha value is -0.120. The largest absolute Gasteiger partial charge is 0.315 e. The number of nitrogens with one attached hydrogen (secondary N) is 1. The van der Waals surface area contributed by atoms with Gasteiger partial charge in [0.05, 0.1) is 0 Å². The summed E-state index contributed by atoms with van der Waals surface area (Å²) in [4.78, 5) is 5.40. The molecular formula is C13H25N3. The smallest absolute Gasteiger partial charge is 0.0112 e. The molecule has 1 saturated carbocycles. The second-order valence-electron chi connectivity index (χ2n) is 5.77. The van der Waals surface area contributed by atoms with E-state index in [0.29, 0.717) is 0 Å². The zero-order chi connectivity index (χ0) is 10.8. The van der Waals surface area contributed by atoms with Crippen LogP contribution < -0.4 is 5.32 Å². The molecule has 0 aromatic carbocycles. The first-order valence-electron chi connectivity index (χ1n) is 7.09. The van der Waals surface area contributed by atoms with Gasteiger partial charge in [-0.15, -0.1) is 0 Å². The summed E-state index contributed by atoms with van der Waals surface area (Å²) in [5.41, 5.74) is 0. The lowest BCUT2D eigenvalue weighted by molar-refractivity contribution is 0.175. The van der Waals surface area contributed by atoms with E-state index < -0.39 is 0 Å². The van der Waals surface area contributed by atoms with Crippen LogP contribution in [0.3, 0.4) is 0 Å². The summed E-state index contributed by atoms with van der Waals surface area (Å²) in [5, 5.41) is 3.48. The van der Waals surface area contributed by atoms with Crippen LogP contribution in [-0.4, -0.2) is 61.7 Å². The molecule has 0 amide bonds. The van der Waals surface area contributed by atoms with Gasteiger partial charge >= 0.3 is 0 Å². The van der Waals surface area contributed by atoms with Crippen molar-refractivity contribution in [2.45, 2.75) is 31.7 Å². The van der Waals surface area contributed by atoms with E-state index in [-0.39, 0.29) is 0 Å². The Bertz CT molecular complexity index is 223. The highest BCUT2D eigenvalue weighted by Gasteiger charge is 2.37. The summed E-state index contributed by atoms with van der Waals surface area (Å²) in [7, 11) is 0. The lowest BCUT2D eigenvalue weighted by Crippen LogP contribution is -2.40. The van der Waals surface area contributed by atoms with Gasteiger partial charge in [-0.25, -0.2) is 0 Å². The summed E-state index contributed by atoms with van der Waals surface area (Å²) in [6.45, 7) is 8.97. The highest BCUT2D eigenvalue weighted by molar-refractivity contribution is 4.92. The molecule has 0 aromatic rings. The lowest BCUT2D eigenvalue weighted by atomic mass is 10.1. The molecular weight excluding hydrogens is 198 g/mol. The number of fused-ring (bicyclic) bond motifs is 2. The van der Waals surface area contributed by atoms with Gasteiger partial charge < -0.3 is 10.2 Å². The Morgan fingerprint density at radius 2 is 2.06 bits per heavy atom. The molecule has 3 nitrogen and oxygen atoms in total. The average Bonchev–Trinajstić information content (AvgIpc) is 2.82. The molecule has 0 aromatic heterocycles. The van der Waals surface area contributed by atoms with E-state index >= 15 is 0 Å². The summed E-state index contributed by atoms with van der Waals surface area (Å²) in [6.07, 6.45) is 5.81. The van der Waals surface area contributed by atoms with E-state index in [1.165, 1.54) is 71.5 Å². The number of nitrogens with zero attached hydrogens (tertiary/aromatic N) is 2. The minimum absolute atomic E-state index is 0.954. The quantitative estimate of drug-likeness (QED) is 0.762. The molecule has 0 spiro atoms. The predicted octanol–water partition coefficient (Wildman–Crippen LogP) is 0.766. The highest BCUT2D eigenvalue weighted by atomic mass is 15.2. The molecule has 1 aliphatic carbocycles. The molecule has 2 saturated heterocycles. The van der Waals surface area contributed by atoms with E-state index in [2.05, 4.69) is 15.1 Å². The monoisotopic (exact) mass is 223 g/mol. The van der Waals surface area contributed by atoms with Crippen molar-refractivity contribution < 1.29 is 0 Å². The van der Waals surface area contributed by atoms with Crippen molar-refractivity contribution in [3.05, 3.63) is 0 Å². The zero-order valence-electron chi connectivity index (χ0n) is 10.3. The van der Waals surface area contributed by atoms with Crippen molar-refractivity contribution in [2.75, 3.05) is 45.8 Å². The van der Waals surface area contributed by atoms with Crippen molar-refractivity contribution >= 4 is 0 Å². The number of piperidine rings is 1. The number of rotatable bonds is 3. The summed E-state index contributed by atoms with van der Waals surface area (Å²) >= 11 is 0. The van der Waals surface area contributed by atoms with Gasteiger partial charge in [-0.1, -0.05) is 0 Å². The third-order valence-corrected chi connectivity index (χ3v) is 4.66. The van der Waals surface area contributed by atoms with E-state index in [0.717, 1.165) is 12.0 Å². The molecule has 2 aliphatic heterocycles. The van der Waals surface area contributed by atoms with Crippen LogP contribution in [0.1, 0.15) is 25.7 Å². The minimum Gasteiger partial charge on any atom is -0.315 e. The number of hydrogen-bond acceptors (Lipinski definition) is 3. The zero-order valence-corrected chi connectivity index (χ0v) is 10.3. The van der Waals surface area contributed by atoms with Crippen molar-refractivity contribution in [1.82, 2.24) is 15.1 Å². The molecule has 16 heavy (non-hydrogen) atoms. The fourth-order valence-electron chi connectivity index (χ4n) is 3.70. The first kappa shape index (κ1) is 11.0. The van der Waals surface area contributed by atoms with Crippen molar-refractivity contribution in [3.63, 3.8) is 0 Å². The average molecular weight is 223 g/mol. The SMILES string of the molecule is C1CNCCN(CCN2CC3CCC2C3)C1. The first-order chi connectivity index (χ1) is 7.92. The molecule has 2 heterocycles. The minimum atomic E-state index is 0.954. The van der Waals surface area contributed by atoms with E-state index in [4.69, 9.17) is 0 Å². The number of hydrogen-bond donors (Lipinski definition) is 1. The van der Waals surface area contributed by atoms with Crippen LogP contribution in [0.5, 0.6) is 0 Å². The fourth-order valence-corrected chi connectivity index (χ4v) is 3.70. The summed E-state index contributed by atoms with van der Waals surface area (Å²) < 4.78 is 0. The molecule has 3 heteroatoms. The van der Waals surface area contributed by atoms with E-state index in [1.807, 2.05) is 0 Å². The van der Waals surface area contributed by atoms with Crippen LogP contribution in [0.15, 0.2) is 0 Å². The molecule has 2 bridgehead atoms. The third kappa shape index (κ3) is 2.41. The fraction of sp³-hybridized carbons (Fsp3) is 1.00. The predicted molar refractivity (Wildman–Crippen MR) is 66.6 cm³/mol. The standard InChI is InChI=1S/C13H25N3/c1-4-14-5-7-15(6-1)8-9-16-11-12-2-3-13(16)10-12/h12-14H,1-11H2. The topological polar surface area (TPSA) is 18.5 Å². The van der Waals surface area contributed by atoms with Gasteiger partial charge in [-0.2, -0.15) is 0 Å². The second kappa shape index (κ2) is 5.03. The van der Waals surface area contributed by atoms with Crippen molar-refractivity contribution in [1.29, 1.82) is 0 Å². The highest BCUT2D eigenvalue weighted by Crippen LogP contribution is 2.36.